The van der Waals surface area contributed by atoms with Gasteiger partial charge >= 0.3 is 11.9 Å². The Bertz CT molecular complexity index is 1570. The van der Waals surface area contributed by atoms with Gasteiger partial charge in [-0.15, -0.1) is 0 Å². The molecule has 0 fully saturated rings. The first-order chi connectivity index (χ1) is 22.2. The fraction of sp³-hybridized carbons (Fsp3) is 0.316. The summed E-state index contributed by atoms with van der Waals surface area (Å²) in [6, 6.07) is 24.5. The van der Waals surface area contributed by atoms with Gasteiger partial charge in [0.05, 0.1) is 13.2 Å². The molecule has 0 amide bonds. The molecule has 8 heteroatoms. The molecule has 0 heterocycles. The normalized spacial score (nSPS) is 11.3. The van der Waals surface area contributed by atoms with Crippen molar-refractivity contribution in [2.75, 3.05) is 36.1 Å². The Balaban J connectivity index is 1.78. The highest BCUT2D eigenvalue weighted by molar-refractivity contribution is 5.98. The van der Waals surface area contributed by atoms with Crippen LogP contribution in [0.1, 0.15) is 61.1 Å². The van der Waals surface area contributed by atoms with Crippen LogP contribution in [0.15, 0.2) is 71.8 Å². The highest BCUT2D eigenvalue weighted by Crippen LogP contribution is 2.25. The summed E-state index contributed by atoms with van der Waals surface area (Å²) in [5.41, 5.74) is 7.96. The summed E-state index contributed by atoms with van der Waals surface area (Å²) < 4.78 is 9.98. The standard InChI is InChI=1S/C38H42N4O4/c1-7-41(35-16-14-31(27(5)18-35)21-33(23-39)37(43)45-9-3)25-29-12-11-13-30(20-29)26-42(8-2)36-17-15-32(28(6)19-36)22-34(24-40)38(44)46-10-4/h11-22H,7-10,25-26H2,1-6H3/b33-21+,34-22+. The van der Waals surface area contributed by atoms with Crippen LogP contribution in [0.2, 0.25) is 0 Å². The highest BCUT2D eigenvalue weighted by Gasteiger charge is 2.14. The van der Waals surface area contributed by atoms with Gasteiger partial charge in [-0.3, -0.25) is 0 Å². The quantitative estimate of drug-likeness (QED) is 0.105. The average Bonchev–Trinajstić information content (AvgIpc) is 3.05. The molecule has 46 heavy (non-hydrogen) atoms. The van der Waals surface area contributed by atoms with Gasteiger partial charge in [0.25, 0.3) is 0 Å². The van der Waals surface area contributed by atoms with Crippen molar-refractivity contribution in [3.8, 4) is 12.1 Å². The molecule has 0 aliphatic heterocycles. The van der Waals surface area contributed by atoms with E-state index in [-0.39, 0.29) is 24.4 Å². The van der Waals surface area contributed by atoms with Gasteiger partial charge in [0.2, 0.25) is 0 Å². The van der Waals surface area contributed by atoms with Gasteiger partial charge in [0, 0.05) is 37.6 Å². The summed E-state index contributed by atoms with van der Waals surface area (Å²) in [5, 5.41) is 18.8. The van der Waals surface area contributed by atoms with Crippen LogP contribution in [0, 0.1) is 36.5 Å². The third-order valence-electron chi connectivity index (χ3n) is 7.57. The molecule has 0 bridgehead atoms. The van der Waals surface area contributed by atoms with Crippen molar-refractivity contribution >= 4 is 35.5 Å². The minimum absolute atomic E-state index is 0.0203. The molecule has 3 aromatic carbocycles. The van der Waals surface area contributed by atoms with Crippen LogP contribution < -0.4 is 9.80 Å². The number of anilines is 2. The van der Waals surface area contributed by atoms with E-state index in [0.717, 1.165) is 59.8 Å². The Hall–Kier alpha value is -5.34. The molecular formula is C38H42N4O4. The Kier molecular flexibility index (Phi) is 13.2. The van der Waals surface area contributed by atoms with E-state index in [9.17, 15) is 20.1 Å². The van der Waals surface area contributed by atoms with Gasteiger partial charge in [-0.2, -0.15) is 10.5 Å². The SMILES string of the molecule is CCOC(=O)/C(C#N)=C/c1ccc(N(CC)Cc2cccc(CN(CC)c3ccc(/C=C(\C#N)C(=O)OCC)c(C)c3)c2)cc1C. The van der Waals surface area contributed by atoms with E-state index < -0.39 is 11.9 Å². The molecule has 0 atom stereocenters. The molecule has 0 aliphatic carbocycles. The van der Waals surface area contributed by atoms with Crippen molar-refractivity contribution in [1.29, 1.82) is 10.5 Å². The van der Waals surface area contributed by atoms with E-state index >= 15 is 0 Å². The van der Waals surface area contributed by atoms with Crippen molar-refractivity contribution < 1.29 is 19.1 Å². The Morgan fingerprint density at radius 3 is 1.41 bits per heavy atom. The lowest BCUT2D eigenvalue weighted by Crippen LogP contribution is -2.23. The molecule has 3 rings (SSSR count). The van der Waals surface area contributed by atoms with Gasteiger partial charge in [0.15, 0.2) is 0 Å². The first-order valence-corrected chi connectivity index (χ1v) is 15.5. The Morgan fingerprint density at radius 2 is 1.09 bits per heavy atom. The number of aryl methyl sites for hydroxylation is 2. The summed E-state index contributed by atoms with van der Waals surface area (Å²) in [6.07, 6.45) is 3.16. The number of carbonyl (C=O) groups excluding carboxylic acids is 2. The van der Waals surface area contributed by atoms with Gasteiger partial charge in [-0.1, -0.05) is 36.4 Å². The van der Waals surface area contributed by atoms with Crippen molar-refractivity contribution in [2.45, 2.75) is 54.6 Å². The minimum atomic E-state index is -0.616. The molecule has 238 valence electrons. The van der Waals surface area contributed by atoms with Crippen LogP contribution >= 0.6 is 0 Å². The van der Waals surface area contributed by atoms with Crippen LogP contribution in [-0.2, 0) is 32.2 Å². The first-order valence-electron chi connectivity index (χ1n) is 15.5. The number of rotatable bonds is 14. The van der Waals surface area contributed by atoms with E-state index in [0.29, 0.717) is 0 Å². The zero-order valence-electron chi connectivity index (χ0n) is 27.6. The number of ether oxygens (including phenoxy) is 2. The monoisotopic (exact) mass is 618 g/mol. The third-order valence-corrected chi connectivity index (χ3v) is 7.57. The van der Waals surface area contributed by atoms with Crippen LogP contribution in [0.5, 0.6) is 0 Å². The number of carbonyl (C=O) groups is 2. The maximum Gasteiger partial charge on any atom is 0.348 e. The molecule has 0 aliphatic rings. The van der Waals surface area contributed by atoms with E-state index in [1.54, 1.807) is 26.0 Å². The lowest BCUT2D eigenvalue weighted by Gasteiger charge is -2.26. The van der Waals surface area contributed by atoms with E-state index in [4.69, 9.17) is 9.47 Å². The lowest BCUT2D eigenvalue weighted by molar-refractivity contribution is -0.138. The van der Waals surface area contributed by atoms with E-state index in [2.05, 4.69) is 60.0 Å². The molecular weight excluding hydrogens is 576 g/mol. The predicted octanol–water partition coefficient (Wildman–Crippen LogP) is 7.30. The molecule has 0 spiro atoms. The van der Waals surface area contributed by atoms with Crippen molar-refractivity contribution in [3.63, 3.8) is 0 Å². The molecule has 3 aromatic rings. The summed E-state index contributed by atoms with van der Waals surface area (Å²) >= 11 is 0. The Labute approximate surface area is 272 Å². The third kappa shape index (κ3) is 9.33. The zero-order chi connectivity index (χ0) is 33.6. The highest BCUT2D eigenvalue weighted by atomic mass is 16.5. The molecule has 0 saturated carbocycles. The van der Waals surface area contributed by atoms with Crippen molar-refractivity contribution in [3.05, 3.63) is 105 Å². The molecule has 8 nitrogen and oxygen atoms in total. The van der Waals surface area contributed by atoms with E-state index in [1.807, 2.05) is 50.3 Å². The Morgan fingerprint density at radius 1 is 0.674 bits per heavy atom. The number of nitriles is 2. The van der Waals surface area contributed by atoms with Crippen LogP contribution in [-0.4, -0.2) is 38.2 Å². The smallest absolute Gasteiger partial charge is 0.348 e. The maximum absolute atomic E-state index is 12.1. The van der Waals surface area contributed by atoms with Crippen LogP contribution in [0.4, 0.5) is 11.4 Å². The van der Waals surface area contributed by atoms with Crippen molar-refractivity contribution in [2.24, 2.45) is 0 Å². The van der Waals surface area contributed by atoms with Crippen LogP contribution in [0.3, 0.4) is 0 Å². The fourth-order valence-corrected chi connectivity index (χ4v) is 5.08. The van der Waals surface area contributed by atoms with Crippen molar-refractivity contribution in [1.82, 2.24) is 0 Å². The molecule has 0 N–H and O–H groups in total. The van der Waals surface area contributed by atoms with E-state index in [1.165, 1.54) is 11.1 Å². The van der Waals surface area contributed by atoms with Crippen LogP contribution in [0.25, 0.3) is 12.2 Å². The minimum Gasteiger partial charge on any atom is -0.462 e. The number of hydrogen-bond acceptors (Lipinski definition) is 8. The summed E-state index contributed by atoms with van der Waals surface area (Å²) in [7, 11) is 0. The zero-order valence-corrected chi connectivity index (χ0v) is 27.6. The average molecular weight is 619 g/mol. The summed E-state index contributed by atoms with van der Waals surface area (Å²) in [4.78, 5) is 28.7. The second kappa shape index (κ2) is 17.2. The molecule has 0 aromatic heterocycles. The number of hydrogen-bond donors (Lipinski definition) is 0. The second-order valence-corrected chi connectivity index (χ2v) is 10.7. The molecule has 0 unspecified atom stereocenters. The lowest BCUT2D eigenvalue weighted by atomic mass is 10.0. The summed E-state index contributed by atoms with van der Waals surface area (Å²) in [6.45, 7) is 15.1. The fourth-order valence-electron chi connectivity index (χ4n) is 5.08. The molecule has 0 saturated heterocycles. The van der Waals surface area contributed by atoms with Gasteiger partial charge in [-0.25, -0.2) is 9.59 Å². The van der Waals surface area contributed by atoms with Gasteiger partial charge in [0.1, 0.15) is 23.3 Å². The first kappa shape index (κ1) is 35.1. The predicted molar refractivity (Wildman–Crippen MR) is 183 cm³/mol. The summed E-state index contributed by atoms with van der Waals surface area (Å²) in [5.74, 6) is -1.23. The second-order valence-electron chi connectivity index (χ2n) is 10.7. The number of benzene rings is 3. The number of nitrogens with zero attached hydrogens (tertiary/aromatic N) is 4. The van der Waals surface area contributed by atoms with Gasteiger partial charge < -0.3 is 19.3 Å². The molecule has 0 radical (unpaired) electrons. The maximum atomic E-state index is 12.1. The van der Waals surface area contributed by atoms with Gasteiger partial charge in [-0.05, 0) is 111 Å². The topological polar surface area (TPSA) is 107 Å². The largest absolute Gasteiger partial charge is 0.462 e. The number of esters is 2.